The van der Waals surface area contributed by atoms with Crippen molar-refractivity contribution in [2.45, 2.75) is 135 Å². The van der Waals surface area contributed by atoms with Crippen LogP contribution in [0.25, 0.3) is 22.3 Å². The topological polar surface area (TPSA) is 309 Å². The van der Waals surface area contributed by atoms with Crippen LogP contribution >= 0.6 is 0 Å². The van der Waals surface area contributed by atoms with Crippen LogP contribution in [-0.4, -0.2) is 156 Å². The molecular weight excluding hydrogens is 1080 g/mol. The maximum absolute atomic E-state index is 14.1. The Morgan fingerprint density at radius 3 is 2.30 bits per heavy atom. The van der Waals surface area contributed by atoms with Crippen LogP contribution in [0.3, 0.4) is 0 Å². The summed E-state index contributed by atoms with van der Waals surface area (Å²) in [5.74, 6) is 3.11. The molecule has 6 heterocycles. The lowest BCUT2D eigenvalue weighted by atomic mass is 9.86. The van der Waals surface area contributed by atoms with Gasteiger partial charge in [-0.05, 0) is 88.2 Å². The summed E-state index contributed by atoms with van der Waals surface area (Å²) in [6.45, 7) is 13.1. The van der Waals surface area contributed by atoms with E-state index in [1.165, 1.54) is 12.4 Å². The second-order valence-electron chi connectivity index (χ2n) is 20.7. The molecule has 0 radical (unpaired) electrons. The van der Waals surface area contributed by atoms with E-state index in [9.17, 15) is 47.1 Å². The summed E-state index contributed by atoms with van der Waals surface area (Å²) in [4.78, 5) is 111. The SMILES string of the molecule is CCCN(CCc1c2c(nc3cc4c(cc13)OCO4)-c1cc3c(c(=O)n1C2)COC(=O)[C@]3(O)CC)C(=O)COCNC(=O)CNC(=O)[C@H](CCCCN(CC)CC)NC(=O)[C@@H](NC(=O)CCCC#Cc1cnc(S(C)(=O)=O)nc1)C(C)C. The number of pyridine rings is 2. The van der Waals surface area contributed by atoms with Gasteiger partial charge in [0.2, 0.25) is 51.3 Å². The van der Waals surface area contributed by atoms with Crippen molar-refractivity contribution >= 4 is 56.2 Å². The first kappa shape index (κ1) is 62.1. The number of rotatable bonds is 28. The Morgan fingerprint density at radius 2 is 1.62 bits per heavy atom. The van der Waals surface area contributed by atoms with Crippen molar-refractivity contribution in [2.24, 2.45) is 5.92 Å². The van der Waals surface area contributed by atoms with Crippen LogP contribution in [0.4, 0.5) is 0 Å². The number of aromatic nitrogens is 4. The second-order valence-corrected chi connectivity index (χ2v) is 22.6. The van der Waals surface area contributed by atoms with Crippen molar-refractivity contribution in [1.29, 1.82) is 0 Å². The molecule has 7 rings (SSSR count). The molecule has 0 spiro atoms. The molecule has 1 aromatic carbocycles. The first-order valence-electron chi connectivity index (χ1n) is 27.9. The zero-order valence-corrected chi connectivity index (χ0v) is 48.4. The van der Waals surface area contributed by atoms with Crippen LogP contribution in [0.15, 0.2) is 40.5 Å². The highest BCUT2D eigenvalue weighted by atomic mass is 32.2. The van der Waals surface area contributed by atoms with Crippen LogP contribution in [0.5, 0.6) is 11.5 Å². The molecule has 3 aromatic heterocycles. The summed E-state index contributed by atoms with van der Waals surface area (Å²) >= 11 is 0. The Morgan fingerprint density at radius 1 is 0.890 bits per heavy atom. The third kappa shape index (κ3) is 14.9. The number of cyclic esters (lactones) is 1. The molecule has 0 saturated heterocycles. The minimum atomic E-state index is -3.55. The average Bonchev–Trinajstić information content (AvgIpc) is 3.30. The van der Waals surface area contributed by atoms with Gasteiger partial charge in [0.05, 0.1) is 41.1 Å². The third-order valence-corrected chi connectivity index (χ3v) is 15.6. The molecule has 442 valence electrons. The molecule has 0 aliphatic carbocycles. The number of sulfone groups is 1. The number of nitrogens with zero attached hydrogens (tertiary/aromatic N) is 6. The summed E-state index contributed by atoms with van der Waals surface area (Å²) in [5, 5.41) is 22.7. The zero-order chi connectivity index (χ0) is 59.3. The molecule has 0 fully saturated rings. The van der Waals surface area contributed by atoms with Gasteiger partial charge in [-0.1, -0.05) is 53.4 Å². The highest BCUT2D eigenvalue weighted by Gasteiger charge is 2.46. The molecule has 5 amide bonds. The summed E-state index contributed by atoms with van der Waals surface area (Å²) in [5.41, 5.74) is 1.45. The van der Waals surface area contributed by atoms with E-state index in [0.717, 1.165) is 48.8 Å². The van der Waals surface area contributed by atoms with Gasteiger partial charge in [-0.2, -0.15) is 0 Å². The average molecular weight is 1160 g/mol. The minimum Gasteiger partial charge on any atom is -0.458 e. The first-order chi connectivity index (χ1) is 39.2. The molecule has 0 saturated carbocycles. The fourth-order valence-electron chi connectivity index (χ4n) is 10.0. The maximum atomic E-state index is 14.1. The number of amides is 5. The molecule has 3 atom stereocenters. The lowest BCUT2D eigenvalue weighted by Crippen LogP contribution is -2.56. The van der Waals surface area contributed by atoms with Crippen LogP contribution in [0.2, 0.25) is 0 Å². The Hall–Kier alpha value is -7.53. The van der Waals surface area contributed by atoms with Crippen molar-refractivity contribution in [1.82, 2.24) is 50.6 Å². The van der Waals surface area contributed by atoms with E-state index >= 15 is 0 Å². The van der Waals surface area contributed by atoms with E-state index in [4.69, 9.17) is 23.9 Å². The molecule has 5 N–H and O–H groups in total. The molecule has 0 bridgehead atoms. The van der Waals surface area contributed by atoms with Gasteiger partial charge in [-0.25, -0.2) is 28.2 Å². The predicted molar refractivity (Wildman–Crippen MR) is 299 cm³/mol. The van der Waals surface area contributed by atoms with Gasteiger partial charge >= 0.3 is 5.97 Å². The Balaban J connectivity index is 0.928. The largest absolute Gasteiger partial charge is 0.458 e. The molecule has 0 unspecified atom stereocenters. The van der Waals surface area contributed by atoms with Gasteiger partial charge in [-0.15, -0.1) is 0 Å². The Bertz CT molecular complexity index is 3280. The Labute approximate surface area is 476 Å². The fraction of sp³-hybridized carbons (Fsp3) is 0.544. The Kier molecular flexibility index (Phi) is 21.2. The molecular formula is C57H74N10O14S. The summed E-state index contributed by atoms with van der Waals surface area (Å²) < 4.78 is 47.1. The summed E-state index contributed by atoms with van der Waals surface area (Å²) in [6, 6.07) is 3.25. The standard InChI is InChI=1S/C57H74N10O14S/c1-8-21-66(23-20-37-38-24-45-46(81-34-80-45)26-43(38)62-51-39(37)30-67-44(51)25-41-40(54(67)73)31-79-55(74)57(41,75)9-2)49(70)32-78-33-61-48(69)29-58-52(71)42(18-15-16-22-65(10-3)11-4)63-53(72)50(35(5)6)64-47(68)19-14-12-13-17-36-27-59-56(60-28-36)82(7,76)77/h24-28,35,42,50,75H,8-12,14-16,18-23,29-34H2,1-7H3,(H,58,71)(H,61,69)(H,63,72)(H,64,68)/t42-,50-,57-/m0/s1. The van der Waals surface area contributed by atoms with Gasteiger partial charge in [-0.3, -0.25) is 28.8 Å². The maximum Gasteiger partial charge on any atom is 0.343 e. The van der Waals surface area contributed by atoms with Gasteiger partial charge in [0.15, 0.2) is 17.1 Å². The number of aliphatic hydroxyl groups is 1. The molecule has 25 heteroatoms. The van der Waals surface area contributed by atoms with E-state index in [-0.39, 0.29) is 93.1 Å². The number of benzene rings is 1. The lowest BCUT2D eigenvalue weighted by molar-refractivity contribution is -0.172. The van der Waals surface area contributed by atoms with E-state index < -0.39 is 63.3 Å². The molecule has 4 aromatic rings. The van der Waals surface area contributed by atoms with Gasteiger partial charge in [0, 0.05) is 67.2 Å². The number of unbranched alkanes of at least 4 members (excludes halogenated alkanes) is 2. The number of carbonyl (C=O) groups is 6. The van der Waals surface area contributed by atoms with Gasteiger partial charge < -0.3 is 59.7 Å². The predicted octanol–water partition coefficient (Wildman–Crippen LogP) is 2.35. The highest BCUT2D eigenvalue weighted by Crippen LogP contribution is 2.43. The first-order valence-corrected chi connectivity index (χ1v) is 29.7. The van der Waals surface area contributed by atoms with Crippen molar-refractivity contribution in [3.63, 3.8) is 0 Å². The van der Waals surface area contributed by atoms with E-state index in [1.807, 2.05) is 13.0 Å². The number of ether oxygens (including phenoxy) is 4. The van der Waals surface area contributed by atoms with E-state index in [1.54, 1.807) is 42.4 Å². The van der Waals surface area contributed by atoms with Crippen molar-refractivity contribution in [3.8, 4) is 34.7 Å². The highest BCUT2D eigenvalue weighted by molar-refractivity contribution is 7.90. The van der Waals surface area contributed by atoms with Crippen LogP contribution in [0, 0.1) is 17.8 Å². The van der Waals surface area contributed by atoms with Gasteiger partial charge in [0.1, 0.15) is 32.0 Å². The molecule has 24 nitrogen and oxygen atoms in total. The number of fused-ring (bicyclic) bond motifs is 6. The molecule has 3 aliphatic rings. The molecule has 3 aliphatic heterocycles. The minimum absolute atomic E-state index is 0.00600. The smallest absolute Gasteiger partial charge is 0.343 e. The number of hydrogen-bond donors (Lipinski definition) is 5. The monoisotopic (exact) mass is 1150 g/mol. The number of carbonyl (C=O) groups excluding carboxylic acids is 6. The number of hydrogen-bond acceptors (Lipinski definition) is 18. The van der Waals surface area contributed by atoms with Crippen molar-refractivity contribution < 1.29 is 61.2 Å². The second kappa shape index (κ2) is 28.0. The third-order valence-electron chi connectivity index (χ3n) is 14.7. The lowest BCUT2D eigenvalue weighted by Gasteiger charge is -2.31. The van der Waals surface area contributed by atoms with Crippen molar-refractivity contribution in [2.75, 3.05) is 65.7 Å². The molecule has 82 heavy (non-hydrogen) atoms. The van der Waals surface area contributed by atoms with Gasteiger partial charge in [0.25, 0.3) is 5.56 Å². The van der Waals surface area contributed by atoms with E-state index in [0.29, 0.717) is 72.6 Å². The van der Waals surface area contributed by atoms with Crippen LogP contribution < -0.4 is 36.3 Å². The summed E-state index contributed by atoms with van der Waals surface area (Å²) in [6.07, 6.45) is 6.94. The van der Waals surface area contributed by atoms with Crippen LogP contribution in [0.1, 0.15) is 121 Å². The fourth-order valence-corrected chi connectivity index (χ4v) is 10.5. The van der Waals surface area contributed by atoms with Crippen LogP contribution in [-0.2, 0) is 73.3 Å². The summed E-state index contributed by atoms with van der Waals surface area (Å²) in [7, 11) is -3.55. The quantitative estimate of drug-likeness (QED) is 0.0158. The number of nitrogens with one attached hydrogen (secondary N) is 4. The number of esters is 1. The van der Waals surface area contributed by atoms with E-state index in [2.05, 4.69) is 61.8 Å². The normalized spacial score (nSPS) is 15.6. The van der Waals surface area contributed by atoms with Crippen molar-refractivity contribution in [3.05, 3.63) is 68.8 Å². The zero-order valence-electron chi connectivity index (χ0n) is 47.6.